The molecular weight excluding hydrogens is 450 g/mol. The topological polar surface area (TPSA) is 117 Å². The van der Waals surface area contributed by atoms with Gasteiger partial charge in [0.15, 0.2) is 0 Å². The Morgan fingerprint density at radius 1 is 1.00 bits per heavy atom. The van der Waals surface area contributed by atoms with Crippen LogP contribution in [0.25, 0.3) is 0 Å². The van der Waals surface area contributed by atoms with Crippen molar-refractivity contribution in [2.24, 2.45) is 0 Å². The molecule has 10 heteroatoms. The maximum absolute atomic E-state index is 12.5. The highest BCUT2D eigenvalue weighted by Gasteiger charge is 2.28. The first-order chi connectivity index (χ1) is 15.0. The van der Waals surface area contributed by atoms with Crippen LogP contribution < -0.4 is 10.1 Å². The summed E-state index contributed by atoms with van der Waals surface area (Å²) in [7, 11) is -2.40. The highest BCUT2D eigenvalue weighted by atomic mass is 32.2. The monoisotopic (exact) mass is 485 g/mol. The van der Waals surface area contributed by atoms with E-state index >= 15 is 0 Å². The molecule has 0 saturated carbocycles. The molecule has 0 aromatic heterocycles. The van der Waals surface area contributed by atoms with Crippen molar-refractivity contribution in [1.29, 1.82) is 0 Å². The zero-order valence-corrected chi connectivity index (χ0v) is 21.3. The number of alkyl carbamates (subject to hydrolysis) is 1. The third-order valence-corrected chi connectivity index (χ3v) is 4.40. The van der Waals surface area contributed by atoms with Crippen molar-refractivity contribution in [2.45, 2.75) is 71.3 Å². The molecule has 2 atom stereocenters. The van der Waals surface area contributed by atoms with Gasteiger partial charge in [-0.1, -0.05) is 12.1 Å². The number of carbonyl (C=O) groups is 2. The van der Waals surface area contributed by atoms with Gasteiger partial charge in [-0.25, -0.2) is 9.59 Å². The number of benzene rings is 1. The van der Waals surface area contributed by atoms with Gasteiger partial charge >= 0.3 is 12.1 Å². The second kappa shape index (κ2) is 11.5. The molecule has 1 amide bonds. The number of amides is 1. The van der Waals surface area contributed by atoms with Crippen LogP contribution in [0.3, 0.4) is 0 Å². The van der Waals surface area contributed by atoms with Crippen molar-refractivity contribution in [3.8, 4) is 5.75 Å². The lowest BCUT2D eigenvalue weighted by Crippen LogP contribution is -2.47. The Morgan fingerprint density at radius 2 is 1.55 bits per heavy atom. The van der Waals surface area contributed by atoms with E-state index in [9.17, 15) is 18.0 Å². The first-order valence-electron chi connectivity index (χ1n) is 10.4. The zero-order valence-electron chi connectivity index (χ0n) is 20.5. The number of rotatable bonds is 9. The minimum atomic E-state index is -3.94. The fourth-order valence-corrected chi connectivity index (χ4v) is 3.27. The Labute approximate surface area is 196 Å². The molecule has 1 aromatic carbocycles. The van der Waals surface area contributed by atoms with Crippen LogP contribution in [0, 0.1) is 0 Å². The molecule has 0 unspecified atom stereocenters. The van der Waals surface area contributed by atoms with E-state index in [0.717, 1.165) is 17.9 Å². The predicted octanol–water partition coefficient (Wildman–Crippen LogP) is 3.37. The van der Waals surface area contributed by atoms with Crippen LogP contribution in [0.5, 0.6) is 5.75 Å². The van der Waals surface area contributed by atoms with Crippen molar-refractivity contribution in [3.05, 3.63) is 42.0 Å². The third kappa shape index (κ3) is 12.9. The van der Waals surface area contributed by atoms with Crippen molar-refractivity contribution in [1.82, 2.24) is 5.32 Å². The highest BCUT2D eigenvalue weighted by molar-refractivity contribution is 7.86. The predicted molar refractivity (Wildman–Crippen MR) is 125 cm³/mol. The maximum Gasteiger partial charge on any atom is 0.407 e. The molecule has 1 N–H and O–H groups in total. The second-order valence-electron chi connectivity index (χ2n) is 9.46. The molecule has 1 rings (SSSR count). The van der Waals surface area contributed by atoms with Gasteiger partial charge in [0.05, 0.1) is 19.4 Å². The Kier molecular flexibility index (Phi) is 9.92. The summed E-state index contributed by atoms with van der Waals surface area (Å²) in [4.78, 5) is 24.6. The molecular formula is C23H35NO8S. The molecule has 0 aliphatic rings. The lowest BCUT2D eigenvalue weighted by atomic mass is 10.0. The number of methoxy groups -OCH3 is 1. The fourth-order valence-electron chi connectivity index (χ4n) is 2.67. The van der Waals surface area contributed by atoms with Gasteiger partial charge in [-0.2, -0.15) is 8.42 Å². The normalized spacial score (nSPS) is 14.4. The molecule has 0 heterocycles. The Hall–Kier alpha value is -2.59. The number of carbonyl (C=O) groups excluding carboxylic acids is 2. The largest absolute Gasteiger partial charge is 0.497 e. The fraction of sp³-hybridized carbons (Fsp3) is 0.565. The molecule has 0 radical (unpaired) electrons. The van der Waals surface area contributed by atoms with Gasteiger partial charge in [-0.3, -0.25) is 4.18 Å². The van der Waals surface area contributed by atoms with Gasteiger partial charge in [0.2, 0.25) is 0 Å². The van der Waals surface area contributed by atoms with E-state index in [-0.39, 0.29) is 6.42 Å². The summed E-state index contributed by atoms with van der Waals surface area (Å²) >= 11 is 0. The van der Waals surface area contributed by atoms with E-state index in [2.05, 4.69) is 5.32 Å². The maximum atomic E-state index is 12.5. The summed E-state index contributed by atoms with van der Waals surface area (Å²) in [5, 5.41) is 2.66. The zero-order chi connectivity index (χ0) is 25.4. The minimum absolute atomic E-state index is 0.183. The van der Waals surface area contributed by atoms with E-state index < -0.39 is 45.5 Å². The van der Waals surface area contributed by atoms with Crippen molar-refractivity contribution < 1.29 is 36.4 Å². The first kappa shape index (κ1) is 28.4. The van der Waals surface area contributed by atoms with Gasteiger partial charge in [-0.05, 0) is 71.7 Å². The molecule has 186 valence electrons. The summed E-state index contributed by atoms with van der Waals surface area (Å²) in [5.41, 5.74) is -0.732. The first-order valence-corrected chi connectivity index (χ1v) is 12.2. The number of esters is 1. The summed E-state index contributed by atoms with van der Waals surface area (Å²) in [5.74, 6) is -0.0331. The lowest BCUT2D eigenvalue weighted by Gasteiger charge is -2.27. The Balaban J connectivity index is 3.27. The molecule has 33 heavy (non-hydrogen) atoms. The molecule has 0 spiro atoms. The van der Waals surface area contributed by atoms with Crippen LogP contribution in [-0.2, 0) is 35.0 Å². The summed E-state index contributed by atoms with van der Waals surface area (Å²) in [6.45, 7) is 10.2. The van der Waals surface area contributed by atoms with E-state index in [1.54, 1.807) is 72.9 Å². The van der Waals surface area contributed by atoms with Crippen LogP contribution in [0.4, 0.5) is 4.79 Å². The van der Waals surface area contributed by atoms with Crippen molar-refractivity contribution in [2.75, 3.05) is 13.4 Å². The molecule has 0 bridgehead atoms. The molecule has 0 saturated heterocycles. The van der Waals surface area contributed by atoms with Crippen LogP contribution in [0.1, 0.15) is 47.1 Å². The standard InChI is InChI=1S/C23H35NO8S/c1-22(2,3)30-20(25)14-13-19(32-33(8,27)28)18(24-21(26)31-23(4,5)6)15-16-9-11-17(29-7)12-10-16/h9-14,18-19H,15H2,1-8H3,(H,24,26)/b14-13+/t18-,19-/m1/s1. The SMILES string of the molecule is COc1ccc(C[C@@H](NC(=O)OC(C)(C)C)[C@@H](/C=C/C(=O)OC(C)(C)C)OS(C)(=O)=O)cc1. The molecule has 9 nitrogen and oxygen atoms in total. The summed E-state index contributed by atoms with van der Waals surface area (Å²) in [6.07, 6.45) is 1.44. The average Bonchev–Trinajstić information content (AvgIpc) is 2.61. The highest BCUT2D eigenvalue weighted by Crippen LogP contribution is 2.17. The van der Waals surface area contributed by atoms with Gasteiger partial charge < -0.3 is 19.5 Å². The Bertz CT molecular complexity index is 925. The second-order valence-corrected chi connectivity index (χ2v) is 11.1. The van der Waals surface area contributed by atoms with Crippen molar-refractivity contribution in [3.63, 3.8) is 0 Å². The van der Waals surface area contributed by atoms with E-state index in [0.29, 0.717) is 5.75 Å². The number of nitrogens with one attached hydrogen (secondary N) is 1. The quantitative estimate of drug-likeness (QED) is 0.321. The third-order valence-electron chi connectivity index (χ3n) is 3.83. The van der Waals surface area contributed by atoms with Crippen LogP contribution in [0.2, 0.25) is 0 Å². The molecule has 0 aliphatic heterocycles. The number of ether oxygens (including phenoxy) is 3. The van der Waals surface area contributed by atoms with Crippen LogP contribution in [-0.4, -0.2) is 57.2 Å². The number of hydrogen-bond donors (Lipinski definition) is 1. The summed E-state index contributed by atoms with van der Waals surface area (Å²) < 4.78 is 44.8. The van der Waals surface area contributed by atoms with Gasteiger partial charge in [0.25, 0.3) is 10.1 Å². The van der Waals surface area contributed by atoms with Crippen molar-refractivity contribution >= 4 is 22.2 Å². The van der Waals surface area contributed by atoms with Crippen LogP contribution in [0.15, 0.2) is 36.4 Å². The molecule has 0 aliphatic carbocycles. The van der Waals surface area contributed by atoms with Gasteiger partial charge in [0.1, 0.15) is 23.1 Å². The van der Waals surface area contributed by atoms with E-state index in [4.69, 9.17) is 18.4 Å². The molecule has 1 aromatic rings. The van der Waals surface area contributed by atoms with Gasteiger partial charge in [0, 0.05) is 6.08 Å². The number of hydrogen-bond acceptors (Lipinski definition) is 8. The molecule has 0 fully saturated rings. The Morgan fingerprint density at radius 3 is 2.00 bits per heavy atom. The average molecular weight is 486 g/mol. The van der Waals surface area contributed by atoms with E-state index in [1.165, 1.54) is 6.08 Å². The minimum Gasteiger partial charge on any atom is -0.497 e. The van der Waals surface area contributed by atoms with E-state index in [1.807, 2.05) is 0 Å². The van der Waals surface area contributed by atoms with Gasteiger partial charge in [-0.15, -0.1) is 0 Å². The van der Waals surface area contributed by atoms with Crippen LogP contribution >= 0.6 is 0 Å². The smallest absolute Gasteiger partial charge is 0.407 e. The summed E-state index contributed by atoms with van der Waals surface area (Å²) in [6, 6.07) is 6.14. The lowest BCUT2D eigenvalue weighted by molar-refractivity contribution is -0.148.